The largest absolute Gasteiger partial charge is 0.378 e. The summed E-state index contributed by atoms with van der Waals surface area (Å²) >= 11 is 1.94. The minimum Gasteiger partial charge on any atom is -0.378 e. The van der Waals surface area contributed by atoms with Gasteiger partial charge in [-0.1, -0.05) is 30.3 Å². The number of anilines is 1. The number of carbonyl (C=O) groups is 1. The molecular weight excluding hydrogens is 348 g/mol. The van der Waals surface area contributed by atoms with Gasteiger partial charge in [0.15, 0.2) is 5.82 Å². The van der Waals surface area contributed by atoms with Crippen molar-refractivity contribution >= 4 is 23.5 Å². The molecule has 2 saturated heterocycles. The molecule has 0 atom stereocenters. The molecule has 0 radical (unpaired) electrons. The Morgan fingerprint density at radius 3 is 2.50 bits per heavy atom. The van der Waals surface area contributed by atoms with Gasteiger partial charge in [-0.3, -0.25) is 4.79 Å². The van der Waals surface area contributed by atoms with E-state index in [0.29, 0.717) is 37.7 Å². The van der Waals surface area contributed by atoms with Crippen LogP contribution in [0.1, 0.15) is 10.4 Å². The average Bonchev–Trinajstić information content (AvgIpc) is 2.75. The van der Waals surface area contributed by atoms with Crippen LogP contribution in [0.4, 0.5) is 5.82 Å². The topological polar surface area (TPSA) is 58.6 Å². The molecule has 2 aromatic rings. The number of rotatable bonds is 3. The first-order valence-electron chi connectivity index (χ1n) is 8.95. The highest BCUT2D eigenvalue weighted by Gasteiger charge is 2.26. The van der Waals surface area contributed by atoms with E-state index in [1.54, 1.807) is 6.20 Å². The Balaban J connectivity index is 1.71. The smallest absolute Gasteiger partial charge is 0.259 e. The first kappa shape index (κ1) is 17.3. The number of hydrogen-bond acceptors (Lipinski definition) is 6. The third-order valence-corrected chi connectivity index (χ3v) is 5.58. The first-order chi connectivity index (χ1) is 12.8. The molecule has 0 bridgehead atoms. The second kappa shape index (κ2) is 8.05. The summed E-state index contributed by atoms with van der Waals surface area (Å²) in [4.78, 5) is 26.4. The average molecular weight is 370 g/mol. The van der Waals surface area contributed by atoms with Gasteiger partial charge in [-0.25, -0.2) is 9.97 Å². The van der Waals surface area contributed by atoms with Crippen LogP contribution in [-0.4, -0.2) is 71.7 Å². The standard InChI is InChI=1S/C19H22N4O2S/c24-19(23-6-10-25-11-7-23)16-14-20-17(15-4-2-1-3-5-15)21-18(16)22-8-12-26-13-9-22/h1-5,14H,6-13H2. The molecule has 4 rings (SSSR count). The van der Waals surface area contributed by atoms with E-state index in [0.717, 1.165) is 36.0 Å². The molecule has 0 aliphatic carbocycles. The maximum absolute atomic E-state index is 13.1. The third kappa shape index (κ3) is 3.68. The van der Waals surface area contributed by atoms with Crippen molar-refractivity contribution in [2.75, 3.05) is 55.8 Å². The third-order valence-electron chi connectivity index (χ3n) is 4.64. The molecule has 1 aromatic carbocycles. The summed E-state index contributed by atoms with van der Waals surface area (Å²) < 4.78 is 5.37. The second-order valence-corrected chi connectivity index (χ2v) is 7.53. The fraction of sp³-hybridized carbons (Fsp3) is 0.421. The molecule has 26 heavy (non-hydrogen) atoms. The molecular formula is C19H22N4O2S. The van der Waals surface area contributed by atoms with Gasteiger partial charge in [-0.2, -0.15) is 11.8 Å². The summed E-state index contributed by atoms with van der Waals surface area (Å²) in [6, 6.07) is 9.91. The molecule has 0 saturated carbocycles. The van der Waals surface area contributed by atoms with E-state index in [2.05, 4.69) is 9.88 Å². The van der Waals surface area contributed by atoms with Crippen molar-refractivity contribution in [2.24, 2.45) is 0 Å². The molecule has 1 amide bonds. The van der Waals surface area contributed by atoms with E-state index >= 15 is 0 Å². The Hall–Kier alpha value is -2.12. The SMILES string of the molecule is O=C(c1cnc(-c2ccccc2)nc1N1CCSCC1)N1CCOCC1. The van der Waals surface area contributed by atoms with Gasteiger partial charge in [0.05, 0.1) is 13.2 Å². The lowest BCUT2D eigenvalue weighted by atomic mass is 10.2. The van der Waals surface area contributed by atoms with Crippen LogP contribution >= 0.6 is 11.8 Å². The zero-order chi connectivity index (χ0) is 17.8. The molecule has 6 nitrogen and oxygen atoms in total. The van der Waals surface area contributed by atoms with Crippen LogP contribution in [0.15, 0.2) is 36.5 Å². The van der Waals surface area contributed by atoms with Crippen LogP contribution in [0.3, 0.4) is 0 Å². The van der Waals surface area contributed by atoms with E-state index in [1.807, 2.05) is 47.0 Å². The van der Waals surface area contributed by atoms with Gasteiger partial charge < -0.3 is 14.5 Å². The number of amides is 1. The fourth-order valence-corrected chi connectivity index (χ4v) is 4.11. The highest BCUT2D eigenvalue weighted by atomic mass is 32.2. The molecule has 0 N–H and O–H groups in total. The van der Waals surface area contributed by atoms with Gasteiger partial charge in [0.25, 0.3) is 5.91 Å². The van der Waals surface area contributed by atoms with Crippen LogP contribution in [0.25, 0.3) is 11.4 Å². The van der Waals surface area contributed by atoms with E-state index < -0.39 is 0 Å². The molecule has 2 fully saturated rings. The summed E-state index contributed by atoms with van der Waals surface area (Å²) in [6.07, 6.45) is 1.70. The molecule has 3 heterocycles. The number of nitrogens with zero attached hydrogens (tertiary/aromatic N) is 4. The fourth-order valence-electron chi connectivity index (χ4n) is 3.20. The summed E-state index contributed by atoms with van der Waals surface area (Å²) in [7, 11) is 0. The van der Waals surface area contributed by atoms with Crippen LogP contribution in [0.5, 0.6) is 0 Å². The predicted molar refractivity (Wildman–Crippen MR) is 104 cm³/mol. The van der Waals surface area contributed by atoms with Gasteiger partial charge >= 0.3 is 0 Å². The number of thioether (sulfide) groups is 1. The Morgan fingerprint density at radius 1 is 1.04 bits per heavy atom. The first-order valence-corrected chi connectivity index (χ1v) is 10.1. The van der Waals surface area contributed by atoms with Gasteiger partial charge in [0, 0.05) is 49.4 Å². The van der Waals surface area contributed by atoms with Crippen molar-refractivity contribution in [3.63, 3.8) is 0 Å². The number of ether oxygens (including phenoxy) is 1. The van der Waals surface area contributed by atoms with Crippen molar-refractivity contribution in [3.8, 4) is 11.4 Å². The van der Waals surface area contributed by atoms with E-state index in [-0.39, 0.29) is 5.91 Å². The number of aromatic nitrogens is 2. The lowest BCUT2D eigenvalue weighted by Gasteiger charge is -2.31. The second-order valence-electron chi connectivity index (χ2n) is 6.30. The summed E-state index contributed by atoms with van der Waals surface area (Å²) in [5, 5.41) is 0. The highest BCUT2D eigenvalue weighted by Crippen LogP contribution is 2.26. The van der Waals surface area contributed by atoms with Crippen LogP contribution in [0, 0.1) is 0 Å². The van der Waals surface area contributed by atoms with Gasteiger partial charge in [-0.05, 0) is 0 Å². The Morgan fingerprint density at radius 2 is 1.77 bits per heavy atom. The maximum Gasteiger partial charge on any atom is 0.259 e. The Bertz CT molecular complexity index is 759. The zero-order valence-electron chi connectivity index (χ0n) is 14.6. The predicted octanol–water partition coefficient (Wildman–Crippen LogP) is 2.17. The zero-order valence-corrected chi connectivity index (χ0v) is 15.5. The van der Waals surface area contributed by atoms with Crippen molar-refractivity contribution in [1.82, 2.24) is 14.9 Å². The van der Waals surface area contributed by atoms with E-state index in [9.17, 15) is 4.79 Å². The monoisotopic (exact) mass is 370 g/mol. The van der Waals surface area contributed by atoms with E-state index in [1.165, 1.54) is 0 Å². The lowest BCUT2D eigenvalue weighted by Crippen LogP contribution is -2.42. The lowest BCUT2D eigenvalue weighted by molar-refractivity contribution is 0.0303. The van der Waals surface area contributed by atoms with Crippen LogP contribution in [-0.2, 0) is 4.74 Å². The Kier molecular flexibility index (Phi) is 5.36. The molecule has 0 spiro atoms. The maximum atomic E-state index is 13.1. The molecule has 136 valence electrons. The highest BCUT2D eigenvalue weighted by molar-refractivity contribution is 7.99. The molecule has 2 aliphatic heterocycles. The molecule has 1 aromatic heterocycles. The Labute approximate surface area is 157 Å². The quantitative estimate of drug-likeness (QED) is 0.825. The van der Waals surface area contributed by atoms with Crippen molar-refractivity contribution in [1.29, 1.82) is 0 Å². The van der Waals surface area contributed by atoms with Gasteiger partial charge in [0.1, 0.15) is 11.4 Å². The summed E-state index contributed by atoms with van der Waals surface area (Å²) in [5.74, 6) is 3.53. The molecule has 0 unspecified atom stereocenters. The number of benzene rings is 1. The van der Waals surface area contributed by atoms with Crippen molar-refractivity contribution in [3.05, 3.63) is 42.1 Å². The van der Waals surface area contributed by atoms with E-state index in [4.69, 9.17) is 9.72 Å². The minimum atomic E-state index is 0.00105. The van der Waals surface area contributed by atoms with Crippen molar-refractivity contribution < 1.29 is 9.53 Å². The van der Waals surface area contributed by atoms with Gasteiger partial charge in [0.2, 0.25) is 0 Å². The van der Waals surface area contributed by atoms with Crippen molar-refractivity contribution in [2.45, 2.75) is 0 Å². The molecule has 2 aliphatic rings. The van der Waals surface area contributed by atoms with Crippen LogP contribution in [0.2, 0.25) is 0 Å². The number of hydrogen-bond donors (Lipinski definition) is 0. The van der Waals surface area contributed by atoms with Crippen LogP contribution < -0.4 is 4.90 Å². The number of morpholine rings is 1. The normalized spacial score (nSPS) is 18.0. The minimum absolute atomic E-state index is 0.00105. The number of carbonyl (C=O) groups excluding carboxylic acids is 1. The summed E-state index contributed by atoms with van der Waals surface area (Å²) in [6.45, 7) is 4.22. The van der Waals surface area contributed by atoms with Gasteiger partial charge in [-0.15, -0.1) is 0 Å². The molecule has 7 heteroatoms. The summed E-state index contributed by atoms with van der Waals surface area (Å²) in [5.41, 5.74) is 1.56.